The minimum atomic E-state index is -3.67. The van der Waals surface area contributed by atoms with Gasteiger partial charge in [-0.05, 0) is 49.7 Å². The lowest BCUT2D eigenvalue weighted by Crippen LogP contribution is -2.49. The molecule has 0 saturated carbocycles. The Morgan fingerprint density at radius 2 is 1.47 bits per heavy atom. The van der Waals surface area contributed by atoms with Crippen molar-refractivity contribution in [2.75, 3.05) is 74.2 Å². The normalized spacial score (nSPS) is 21.1. The van der Waals surface area contributed by atoms with Crippen molar-refractivity contribution in [1.29, 1.82) is 0 Å². The van der Waals surface area contributed by atoms with E-state index in [1.165, 1.54) is 4.31 Å². The molecule has 2 fully saturated rings. The summed E-state index contributed by atoms with van der Waals surface area (Å²) in [6.45, 7) is 8.41. The van der Waals surface area contributed by atoms with Crippen molar-refractivity contribution in [2.45, 2.75) is 24.2 Å². The SMILES string of the molecule is CN1C(=O)C(C)(C)c2cc(S(=O)(=O)N3CCN(c4ccc(N5CCOCC5)nn4)CC3)ccc21. The molecule has 0 atom stereocenters. The monoisotopic (exact) mass is 486 g/mol. The number of rotatable bonds is 4. The summed E-state index contributed by atoms with van der Waals surface area (Å²) >= 11 is 0. The number of likely N-dealkylation sites (N-methyl/N-ethyl adjacent to an activating group) is 1. The summed E-state index contributed by atoms with van der Waals surface area (Å²) in [5, 5.41) is 8.75. The Morgan fingerprint density at radius 1 is 0.882 bits per heavy atom. The Bertz CT molecular complexity index is 1190. The van der Waals surface area contributed by atoms with E-state index in [-0.39, 0.29) is 10.8 Å². The molecule has 11 heteroatoms. The first-order valence-corrected chi connectivity index (χ1v) is 13.0. The minimum Gasteiger partial charge on any atom is -0.378 e. The number of carbonyl (C=O) groups is 1. The van der Waals surface area contributed by atoms with Crippen molar-refractivity contribution >= 4 is 33.3 Å². The van der Waals surface area contributed by atoms with Crippen LogP contribution in [0, 0.1) is 0 Å². The highest BCUT2D eigenvalue weighted by Crippen LogP contribution is 2.42. The Hall–Kier alpha value is -2.76. The lowest BCUT2D eigenvalue weighted by atomic mass is 9.86. The number of fused-ring (bicyclic) bond motifs is 1. The summed E-state index contributed by atoms with van der Waals surface area (Å²) in [5.41, 5.74) is 0.758. The number of ether oxygens (including phenoxy) is 1. The second-order valence-electron chi connectivity index (χ2n) is 9.41. The van der Waals surface area contributed by atoms with Crippen LogP contribution in [-0.2, 0) is 25.0 Å². The van der Waals surface area contributed by atoms with Crippen molar-refractivity contribution < 1.29 is 17.9 Å². The second kappa shape index (κ2) is 8.47. The topological polar surface area (TPSA) is 99.2 Å². The highest BCUT2D eigenvalue weighted by Gasteiger charge is 2.43. The third-order valence-corrected chi connectivity index (χ3v) is 8.91. The largest absolute Gasteiger partial charge is 0.378 e. The van der Waals surface area contributed by atoms with Gasteiger partial charge in [-0.1, -0.05) is 0 Å². The Balaban J connectivity index is 1.28. The van der Waals surface area contributed by atoms with Gasteiger partial charge < -0.3 is 19.4 Å². The molecule has 4 heterocycles. The average Bonchev–Trinajstić information content (AvgIpc) is 3.04. The van der Waals surface area contributed by atoms with E-state index in [0.29, 0.717) is 39.4 Å². The molecule has 1 amide bonds. The molecular weight excluding hydrogens is 456 g/mol. The molecule has 3 aliphatic heterocycles. The zero-order valence-electron chi connectivity index (χ0n) is 19.8. The first-order valence-electron chi connectivity index (χ1n) is 11.5. The third-order valence-electron chi connectivity index (χ3n) is 7.01. The van der Waals surface area contributed by atoms with Gasteiger partial charge in [-0.3, -0.25) is 4.79 Å². The molecule has 0 unspecified atom stereocenters. The summed E-state index contributed by atoms with van der Waals surface area (Å²) in [6, 6.07) is 8.89. The molecule has 1 aromatic carbocycles. The van der Waals surface area contributed by atoms with Crippen LogP contribution < -0.4 is 14.7 Å². The van der Waals surface area contributed by atoms with E-state index in [4.69, 9.17) is 4.74 Å². The molecule has 2 aromatic rings. The van der Waals surface area contributed by atoms with Gasteiger partial charge in [-0.25, -0.2) is 8.42 Å². The number of hydrogen-bond acceptors (Lipinski definition) is 8. The zero-order valence-corrected chi connectivity index (χ0v) is 20.6. The quantitative estimate of drug-likeness (QED) is 0.633. The fraction of sp³-hybridized carbons (Fsp3) is 0.522. The summed E-state index contributed by atoms with van der Waals surface area (Å²) in [7, 11) is -1.95. The smallest absolute Gasteiger partial charge is 0.243 e. The van der Waals surface area contributed by atoms with Crippen molar-refractivity contribution in [2.24, 2.45) is 0 Å². The van der Waals surface area contributed by atoms with Crippen molar-refractivity contribution in [1.82, 2.24) is 14.5 Å². The van der Waals surface area contributed by atoms with Gasteiger partial charge in [-0.2, -0.15) is 4.31 Å². The van der Waals surface area contributed by atoms with Gasteiger partial charge >= 0.3 is 0 Å². The van der Waals surface area contributed by atoms with Crippen LogP contribution in [0.25, 0.3) is 0 Å². The predicted octanol–water partition coefficient (Wildman–Crippen LogP) is 1.08. The number of benzene rings is 1. The highest BCUT2D eigenvalue weighted by atomic mass is 32.2. The second-order valence-corrected chi connectivity index (χ2v) is 11.3. The fourth-order valence-electron chi connectivity index (χ4n) is 4.87. The average molecular weight is 487 g/mol. The number of amides is 1. The summed E-state index contributed by atoms with van der Waals surface area (Å²) in [6.07, 6.45) is 0. The maximum atomic E-state index is 13.4. The molecule has 5 rings (SSSR count). The highest BCUT2D eigenvalue weighted by molar-refractivity contribution is 7.89. The van der Waals surface area contributed by atoms with E-state index in [1.807, 2.05) is 26.0 Å². The van der Waals surface area contributed by atoms with E-state index in [9.17, 15) is 13.2 Å². The summed E-state index contributed by atoms with van der Waals surface area (Å²) in [4.78, 5) is 18.6. The molecule has 34 heavy (non-hydrogen) atoms. The molecule has 10 nitrogen and oxygen atoms in total. The van der Waals surface area contributed by atoms with Crippen LogP contribution in [0.5, 0.6) is 0 Å². The van der Waals surface area contributed by atoms with Crippen LogP contribution in [-0.4, -0.2) is 88.4 Å². The molecule has 0 spiro atoms. The number of anilines is 3. The van der Waals surface area contributed by atoms with Crippen LogP contribution in [0.4, 0.5) is 17.3 Å². The lowest BCUT2D eigenvalue weighted by Gasteiger charge is -2.34. The molecule has 0 radical (unpaired) electrons. The van der Waals surface area contributed by atoms with Gasteiger partial charge in [0.25, 0.3) is 0 Å². The maximum absolute atomic E-state index is 13.4. The van der Waals surface area contributed by atoms with Crippen LogP contribution in [0.15, 0.2) is 35.2 Å². The van der Waals surface area contributed by atoms with Crippen LogP contribution in [0.3, 0.4) is 0 Å². The fourth-order valence-corrected chi connectivity index (χ4v) is 6.32. The number of nitrogens with zero attached hydrogens (tertiary/aromatic N) is 6. The van der Waals surface area contributed by atoms with Gasteiger partial charge in [0.2, 0.25) is 15.9 Å². The van der Waals surface area contributed by atoms with Gasteiger partial charge in [0.15, 0.2) is 11.6 Å². The molecule has 3 aliphatic rings. The van der Waals surface area contributed by atoms with E-state index >= 15 is 0 Å². The van der Waals surface area contributed by atoms with Crippen LogP contribution >= 0.6 is 0 Å². The molecule has 0 aliphatic carbocycles. The number of sulfonamides is 1. The van der Waals surface area contributed by atoms with E-state index in [1.54, 1.807) is 30.1 Å². The minimum absolute atomic E-state index is 0.0357. The summed E-state index contributed by atoms with van der Waals surface area (Å²) < 4.78 is 33.7. The predicted molar refractivity (Wildman–Crippen MR) is 129 cm³/mol. The number of hydrogen-bond donors (Lipinski definition) is 0. The number of carbonyl (C=O) groups excluding carboxylic acids is 1. The molecule has 0 N–H and O–H groups in total. The van der Waals surface area contributed by atoms with Gasteiger partial charge in [0.1, 0.15) is 0 Å². The Labute approximate surface area is 200 Å². The molecule has 1 aromatic heterocycles. The Kier molecular flexibility index (Phi) is 5.73. The number of aromatic nitrogens is 2. The molecular formula is C23H30N6O4S. The lowest BCUT2D eigenvalue weighted by molar-refractivity contribution is -0.121. The van der Waals surface area contributed by atoms with Crippen molar-refractivity contribution in [3.05, 3.63) is 35.9 Å². The van der Waals surface area contributed by atoms with Gasteiger partial charge in [0.05, 0.1) is 23.5 Å². The first-order chi connectivity index (χ1) is 16.2. The molecule has 182 valence electrons. The van der Waals surface area contributed by atoms with Crippen molar-refractivity contribution in [3.63, 3.8) is 0 Å². The van der Waals surface area contributed by atoms with E-state index in [2.05, 4.69) is 20.0 Å². The zero-order chi connectivity index (χ0) is 24.1. The number of morpholine rings is 1. The Morgan fingerprint density at radius 3 is 2.06 bits per heavy atom. The third kappa shape index (κ3) is 3.81. The van der Waals surface area contributed by atoms with Crippen molar-refractivity contribution in [3.8, 4) is 0 Å². The maximum Gasteiger partial charge on any atom is 0.243 e. The van der Waals surface area contributed by atoms with Gasteiger partial charge in [-0.15, -0.1) is 10.2 Å². The van der Waals surface area contributed by atoms with E-state index < -0.39 is 15.4 Å². The van der Waals surface area contributed by atoms with E-state index in [0.717, 1.165) is 36.0 Å². The standard InChI is InChI=1S/C23H30N6O4S/c1-23(2)18-16-17(4-5-19(18)26(3)22(23)30)34(31,32)29-10-8-27(9-11-29)20-6-7-21(25-24-20)28-12-14-33-15-13-28/h4-7,16H,8-15H2,1-3H3. The van der Waals surface area contributed by atoms with Gasteiger partial charge in [0, 0.05) is 52.0 Å². The summed E-state index contributed by atoms with van der Waals surface area (Å²) in [5.74, 6) is 1.54. The first kappa shape index (κ1) is 23.0. The molecule has 2 saturated heterocycles. The van der Waals surface area contributed by atoms with Crippen LogP contribution in [0.2, 0.25) is 0 Å². The molecule has 0 bridgehead atoms. The van der Waals surface area contributed by atoms with Crippen LogP contribution in [0.1, 0.15) is 19.4 Å². The number of piperazine rings is 1.